The molecule has 1 unspecified atom stereocenters. The van der Waals surface area contributed by atoms with Gasteiger partial charge in [0.1, 0.15) is 11.6 Å². The summed E-state index contributed by atoms with van der Waals surface area (Å²) < 4.78 is 2.36. The zero-order valence-corrected chi connectivity index (χ0v) is 13.4. The van der Waals surface area contributed by atoms with Gasteiger partial charge in [-0.25, -0.2) is 0 Å². The Kier molecular flexibility index (Phi) is 6.02. The van der Waals surface area contributed by atoms with Gasteiger partial charge in [-0.15, -0.1) is 10.2 Å². The van der Waals surface area contributed by atoms with Gasteiger partial charge in [0.15, 0.2) is 0 Å². The predicted octanol–water partition coefficient (Wildman–Crippen LogP) is 3.62. The minimum atomic E-state index is 0.303. The van der Waals surface area contributed by atoms with Crippen LogP contribution in [0.15, 0.2) is 0 Å². The van der Waals surface area contributed by atoms with E-state index in [4.69, 9.17) is 0 Å². The van der Waals surface area contributed by atoms with Crippen molar-refractivity contribution >= 4 is 0 Å². The van der Waals surface area contributed by atoms with Gasteiger partial charge in [0.05, 0.1) is 6.04 Å². The minimum Gasteiger partial charge on any atom is -0.314 e. The van der Waals surface area contributed by atoms with Gasteiger partial charge < -0.3 is 9.88 Å². The lowest BCUT2D eigenvalue weighted by atomic mass is 10.1. The first-order chi connectivity index (χ1) is 9.76. The van der Waals surface area contributed by atoms with E-state index in [0.29, 0.717) is 12.1 Å². The van der Waals surface area contributed by atoms with E-state index in [1.807, 2.05) is 0 Å². The fourth-order valence-electron chi connectivity index (χ4n) is 3.26. The first kappa shape index (κ1) is 15.5. The quantitative estimate of drug-likeness (QED) is 0.828. The molecule has 1 N–H and O–H groups in total. The maximum absolute atomic E-state index is 4.46. The second kappa shape index (κ2) is 7.77. The highest BCUT2D eigenvalue weighted by molar-refractivity contribution is 5.02. The zero-order chi connectivity index (χ0) is 14.4. The third-order valence-electron chi connectivity index (χ3n) is 4.29. The highest BCUT2D eigenvalue weighted by Gasteiger charge is 2.20. The van der Waals surface area contributed by atoms with Crippen molar-refractivity contribution in [3.63, 3.8) is 0 Å². The Bertz CT molecular complexity index is 393. The van der Waals surface area contributed by atoms with Crippen molar-refractivity contribution in [2.45, 2.75) is 90.8 Å². The second-order valence-corrected chi connectivity index (χ2v) is 6.10. The van der Waals surface area contributed by atoms with Gasteiger partial charge in [0.25, 0.3) is 0 Å². The summed E-state index contributed by atoms with van der Waals surface area (Å²) >= 11 is 0. The standard InChI is InChI=1S/C16H30N4/c1-4-9-14(10-5-2)17-13(3)16-19-18-15-11-7-6-8-12-20(15)16/h13-14,17H,4-12H2,1-3H3. The lowest BCUT2D eigenvalue weighted by Crippen LogP contribution is -2.33. The molecule has 1 aromatic heterocycles. The molecule has 0 radical (unpaired) electrons. The fourth-order valence-corrected chi connectivity index (χ4v) is 3.26. The molecule has 2 heterocycles. The van der Waals surface area contributed by atoms with E-state index in [2.05, 4.69) is 40.9 Å². The second-order valence-electron chi connectivity index (χ2n) is 6.10. The molecular formula is C16H30N4. The van der Waals surface area contributed by atoms with Crippen LogP contribution in [0.1, 0.15) is 83.4 Å². The monoisotopic (exact) mass is 278 g/mol. The Labute approximate surface area is 123 Å². The van der Waals surface area contributed by atoms with E-state index in [1.54, 1.807) is 0 Å². The number of nitrogens with one attached hydrogen (secondary N) is 1. The van der Waals surface area contributed by atoms with Crippen molar-refractivity contribution in [3.8, 4) is 0 Å². The molecule has 1 aliphatic rings. The molecule has 2 rings (SSSR count). The fraction of sp³-hybridized carbons (Fsp3) is 0.875. The van der Waals surface area contributed by atoms with Gasteiger partial charge in [-0.2, -0.15) is 0 Å². The van der Waals surface area contributed by atoms with Crippen molar-refractivity contribution < 1.29 is 0 Å². The third-order valence-corrected chi connectivity index (χ3v) is 4.29. The van der Waals surface area contributed by atoms with Crippen LogP contribution in [0.5, 0.6) is 0 Å². The van der Waals surface area contributed by atoms with Gasteiger partial charge in [-0.05, 0) is 32.6 Å². The van der Waals surface area contributed by atoms with Gasteiger partial charge in [0.2, 0.25) is 0 Å². The molecule has 4 heteroatoms. The molecule has 4 nitrogen and oxygen atoms in total. The summed E-state index contributed by atoms with van der Waals surface area (Å²) in [5.74, 6) is 2.33. The van der Waals surface area contributed by atoms with E-state index in [0.717, 1.165) is 18.8 Å². The Hall–Kier alpha value is -0.900. The molecule has 0 saturated carbocycles. The average molecular weight is 278 g/mol. The summed E-state index contributed by atoms with van der Waals surface area (Å²) in [6.07, 6.45) is 9.90. The van der Waals surface area contributed by atoms with Crippen LogP contribution in [0, 0.1) is 0 Å². The summed E-state index contributed by atoms with van der Waals surface area (Å²) in [4.78, 5) is 0. The van der Waals surface area contributed by atoms with Crippen LogP contribution in [-0.4, -0.2) is 20.8 Å². The molecule has 0 amide bonds. The Morgan fingerprint density at radius 2 is 1.85 bits per heavy atom. The molecule has 0 spiro atoms. The summed E-state index contributed by atoms with van der Waals surface area (Å²) in [6.45, 7) is 7.85. The van der Waals surface area contributed by atoms with Gasteiger partial charge >= 0.3 is 0 Å². The van der Waals surface area contributed by atoms with E-state index >= 15 is 0 Å². The van der Waals surface area contributed by atoms with E-state index in [1.165, 1.54) is 50.8 Å². The van der Waals surface area contributed by atoms with Crippen molar-refractivity contribution in [2.24, 2.45) is 0 Å². The highest BCUT2D eigenvalue weighted by Crippen LogP contribution is 2.20. The number of rotatable bonds is 7. The normalized spacial score (nSPS) is 17.0. The van der Waals surface area contributed by atoms with Crippen molar-refractivity contribution in [3.05, 3.63) is 11.6 Å². The van der Waals surface area contributed by atoms with Crippen LogP contribution < -0.4 is 5.32 Å². The average Bonchev–Trinajstić information content (AvgIpc) is 2.69. The molecule has 1 aliphatic heterocycles. The van der Waals surface area contributed by atoms with Crippen LogP contribution in [0.4, 0.5) is 0 Å². The number of aromatic nitrogens is 3. The van der Waals surface area contributed by atoms with Crippen LogP contribution in [-0.2, 0) is 13.0 Å². The summed E-state index contributed by atoms with van der Waals surface area (Å²) in [6, 6.07) is 0.913. The number of fused-ring (bicyclic) bond motifs is 1. The van der Waals surface area contributed by atoms with Crippen LogP contribution >= 0.6 is 0 Å². The minimum absolute atomic E-state index is 0.303. The molecule has 0 saturated heterocycles. The van der Waals surface area contributed by atoms with Crippen molar-refractivity contribution in [2.75, 3.05) is 0 Å². The summed E-state index contributed by atoms with van der Waals surface area (Å²) in [5, 5.41) is 12.6. The van der Waals surface area contributed by atoms with E-state index in [9.17, 15) is 0 Å². The lowest BCUT2D eigenvalue weighted by Gasteiger charge is -2.23. The number of hydrogen-bond donors (Lipinski definition) is 1. The number of aryl methyl sites for hydroxylation is 1. The van der Waals surface area contributed by atoms with Crippen LogP contribution in [0.25, 0.3) is 0 Å². The first-order valence-electron chi connectivity index (χ1n) is 8.44. The molecular weight excluding hydrogens is 248 g/mol. The number of nitrogens with zero attached hydrogens (tertiary/aromatic N) is 3. The molecule has 0 aliphatic carbocycles. The molecule has 20 heavy (non-hydrogen) atoms. The van der Waals surface area contributed by atoms with Gasteiger partial charge in [0, 0.05) is 19.0 Å². The van der Waals surface area contributed by atoms with Crippen LogP contribution in [0.3, 0.4) is 0 Å². The summed E-state index contributed by atoms with van der Waals surface area (Å²) in [7, 11) is 0. The van der Waals surface area contributed by atoms with Crippen molar-refractivity contribution in [1.82, 2.24) is 20.1 Å². The van der Waals surface area contributed by atoms with Crippen LogP contribution in [0.2, 0.25) is 0 Å². The lowest BCUT2D eigenvalue weighted by molar-refractivity contribution is 0.384. The Morgan fingerprint density at radius 1 is 1.10 bits per heavy atom. The predicted molar refractivity (Wildman–Crippen MR) is 82.7 cm³/mol. The molecule has 114 valence electrons. The molecule has 0 aromatic carbocycles. The smallest absolute Gasteiger partial charge is 0.149 e. The largest absolute Gasteiger partial charge is 0.314 e. The Morgan fingerprint density at radius 3 is 2.55 bits per heavy atom. The molecule has 1 aromatic rings. The van der Waals surface area contributed by atoms with Gasteiger partial charge in [-0.3, -0.25) is 0 Å². The SMILES string of the molecule is CCCC(CCC)NC(C)c1nnc2n1CCCCC2. The number of hydrogen-bond acceptors (Lipinski definition) is 3. The van der Waals surface area contributed by atoms with E-state index < -0.39 is 0 Å². The Balaban J connectivity index is 2.04. The maximum Gasteiger partial charge on any atom is 0.149 e. The van der Waals surface area contributed by atoms with Gasteiger partial charge in [-0.1, -0.05) is 33.1 Å². The third kappa shape index (κ3) is 3.81. The van der Waals surface area contributed by atoms with E-state index in [-0.39, 0.29) is 0 Å². The summed E-state index contributed by atoms with van der Waals surface area (Å²) in [5.41, 5.74) is 0. The first-order valence-corrected chi connectivity index (χ1v) is 8.44. The molecule has 0 fully saturated rings. The zero-order valence-electron chi connectivity index (χ0n) is 13.4. The molecule has 1 atom stereocenters. The topological polar surface area (TPSA) is 42.7 Å². The van der Waals surface area contributed by atoms with Crippen molar-refractivity contribution in [1.29, 1.82) is 0 Å². The maximum atomic E-state index is 4.46. The molecule has 0 bridgehead atoms. The highest BCUT2D eigenvalue weighted by atomic mass is 15.3.